The van der Waals surface area contributed by atoms with Crippen molar-refractivity contribution in [2.45, 2.75) is 5.75 Å². The van der Waals surface area contributed by atoms with Crippen LogP contribution >= 0.6 is 35.7 Å². The van der Waals surface area contributed by atoms with Gasteiger partial charge in [-0.1, -0.05) is 60.9 Å². The lowest BCUT2D eigenvalue weighted by atomic mass is 10.2. The smallest absolute Gasteiger partial charge is 0.103 e. The molecule has 0 heterocycles. The Morgan fingerprint density at radius 1 is 1.38 bits per heavy atom. The van der Waals surface area contributed by atoms with Gasteiger partial charge in [-0.25, -0.2) is 0 Å². The standard InChI is InChI=1S/C10H10S3/c1-2-12-10(11)13-8-9-6-4-3-5-7-9/h2-7H,1,8H2. The van der Waals surface area contributed by atoms with Crippen LogP contribution in [0.5, 0.6) is 0 Å². The van der Waals surface area contributed by atoms with Gasteiger partial charge in [-0.15, -0.1) is 11.8 Å². The summed E-state index contributed by atoms with van der Waals surface area (Å²) in [4.78, 5) is 0. The van der Waals surface area contributed by atoms with E-state index in [-0.39, 0.29) is 0 Å². The molecular formula is C10H10S3. The van der Waals surface area contributed by atoms with E-state index >= 15 is 0 Å². The summed E-state index contributed by atoms with van der Waals surface area (Å²) in [7, 11) is 0. The number of hydrogen-bond donors (Lipinski definition) is 0. The van der Waals surface area contributed by atoms with Gasteiger partial charge in [0.2, 0.25) is 0 Å². The predicted molar refractivity (Wildman–Crippen MR) is 68.1 cm³/mol. The molecule has 0 spiro atoms. The van der Waals surface area contributed by atoms with Crippen molar-refractivity contribution in [2.24, 2.45) is 0 Å². The molecule has 0 unspecified atom stereocenters. The molecule has 0 aliphatic carbocycles. The molecule has 1 rings (SSSR count). The first-order valence-electron chi connectivity index (χ1n) is 3.81. The molecule has 1 aromatic rings. The SMILES string of the molecule is C=CSC(=S)SCc1ccccc1. The molecule has 0 saturated carbocycles. The third-order valence-electron chi connectivity index (χ3n) is 1.38. The maximum atomic E-state index is 5.11. The molecule has 0 aliphatic heterocycles. The van der Waals surface area contributed by atoms with Gasteiger partial charge in [-0.3, -0.25) is 0 Å². The van der Waals surface area contributed by atoms with Crippen LogP contribution in [0.4, 0.5) is 0 Å². The van der Waals surface area contributed by atoms with Crippen molar-refractivity contribution in [1.29, 1.82) is 0 Å². The fourth-order valence-electron chi connectivity index (χ4n) is 0.819. The molecule has 13 heavy (non-hydrogen) atoms. The number of thioether (sulfide) groups is 2. The van der Waals surface area contributed by atoms with Crippen LogP contribution in [-0.4, -0.2) is 3.53 Å². The summed E-state index contributed by atoms with van der Waals surface area (Å²) in [5.41, 5.74) is 1.31. The Balaban J connectivity index is 2.35. The highest BCUT2D eigenvalue weighted by molar-refractivity contribution is 8.47. The Bertz CT molecular complexity index is 279. The first-order chi connectivity index (χ1) is 6.33. The fourth-order valence-corrected chi connectivity index (χ4v) is 2.47. The Morgan fingerprint density at radius 2 is 2.08 bits per heavy atom. The minimum atomic E-state index is 0.929. The third kappa shape index (κ3) is 4.50. The second kappa shape index (κ2) is 6.24. The number of thiocarbonyl (C=S) groups is 1. The van der Waals surface area contributed by atoms with Crippen LogP contribution in [0, 0.1) is 0 Å². The Hall–Kier alpha value is -0.250. The van der Waals surface area contributed by atoms with E-state index in [1.165, 1.54) is 17.3 Å². The number of benzene rings is 1. The molecule has 68 valence electrons. The van der Waals surface area contributed by atoms with Gasteiger partial charge in [0.25, 0.3) is 0 Å². The Kier molecular flexibility index (Phi) is 5.20. The molecule has 0 amide bonds. The summed E-state index contributed by atoms with van der Waals surface area (Å²) >= 11 is 8.29. The molecule has 3 heteroatoms. The van der Waals surface area contributed by atoms with Crippen LogP contribution in [0.3, 0.4) is 0 Å². The van der Waals surface area contributed by atoms with E-state index in [0.29, 0.717) is 0 Å². The van der Waals surface area contributed by atoms with Crippen molar-refractivity contribution in [3.63, 3.8) is 0 Å². The van der Waals surface area contributed by atoms with E-state index in [4.69, 9.17) is 12.2 Å². The Labute approximate surface area is 92.8 Å². The average Bonchev–Trinajstić information content (AvgIpc) is 2.17. The van der Waals surface area contributed by atoms with E-state index in [9.17, 15) is 0 Å². The van der Waals surface area contributed by atoms with Gasteiger partial charge in [-0.2, -0.15) is 0 Å². The van der Waals surface area contributed by atoms with E-state index in [1.807, 2.05) is 18.2 Å². The highest BCUT2D eigenvalue weighted by atomic mass is 32.2. The van der Waals surface area contributed by atoms with Gasteiger partial charge in [0.1, 0.15) is 3.53 Å². The summed E-state index contributed by atoms with van der Waals surface area (Å²) in [6, 6.07) is 10.3. The lowest BCUT2D eigenvalue weighted by Gasteiger charge is -1.99. The van der Waals surface area contributed by atoms with E-state index < -0.39 is 0 Å². The second-order valence-electron chi connectivity index (χ2n) is 2.31. The van der Waals surface area contributed by atoms with Gasteiger partial charge in [-0.05, 0) is 11.0 Å². The molecule has 0 saturated heterocycles. The molecule has 0 bridgehead atoms. The van der Waals surface area contributed by atoms with Crippen LogP contribution in [0.1, 0.15) is 5.56 Å². The molecule has 0 N–H and O–H groups in total. The molecule has 0 radical (unpaired) electrons. The lowest BCUT2D eigenvalue weighted by Crippen LogP contribution is -1.82. The number of hydrogen-bond acceptors (Lipinski definition) is 3. The van der Waals surface area contributed by atoms with Crippen molar-refractivity contribution >= 4 is 39.3 Å². The van der Waals surface area contributed by atoms with E-state index in [1.54, 1.807) is 17.2 Å². The summed E-state index contributed by atoms with van der Waals surface area (Å²) in [5.74, 6) is 0.945. The molecule has 0 nitrogen and oxygen atoms in total. The zero-order valence-corrected chi connectivity index (χ0v) is 9.55. The van der Waals surface area contributed by atoms with Crippen LogP contribution in [0.2, 0.25) is 0 Å². The molecule has 0 aromatic heterocycles. The maximum absolute atomic E-state index is 5.11. The van der Waals surface area contributed by atoms with Gasteiger partial charge in [0.15, 0.2) is 0 Å². The number of rotatable bonds is 3. The average molecular weight is 226 g/mol. The summed E-state index contributed by atoms with van der Waals surface area (Å²) in [6.07, 6.45) is 0. The molecular weight excluding hydrogens is 216 g/mol. The van der Waals surface area contributed by atoms with E-state index in [0.717, 1.165) is 9.28 Å². The topological polar surface area (TPSA) is 0 Å². The third-order valence-corrected chi connectivity index (χ3v) is 3.74. The van der Waals surface area contributed by atoms with Crippen LogP contribution in [0.15, 0.2) is 42.3 Å². The quantitative estimate of drug-likeness (QED) is 0.713. The van der Waals surface area contributed by atoms with Gasteiger partial charge >= 0.3 is 0 Å². The highest BCUT2D eigenvalue weighted by Crippen LogP contribution is 2.21. The van der Waals surface area contributed by atoms with Gasteiger partial charge < -0.3 is 0 Å². The molecule has 1 aromatic carbocycles. The maximum Gasteiger partial charge on any atom is 0.108 e. The summed E-state index contributed by atoms with van der Waals surface area (Å²) < 4.78 is 0.929. The zero-order chi connectivity index (χ0) is 9.52. The zero-order valence-electron chi connectivity index (χ0n) is 7.10. The lowest BCUT2D eigenvalue weighted by molar-refractivity contribution is 1.43. The van der Waals surface area contributed by atoms with Crippen molar-refractivity contribution in [3.8, 4) is 0 Å². The van der Waals surface area contributed by atoms with Crippen molar-refractivity contribution < 1.29 is 0 Å². The Morgan fingerprint density at radius 3 is 2.69 bits per heavy atom. The van der Waals surface area contributed by atoms with Crippen LogP contribution < -0.4 is 0 Å². The molecule has 0 fully saturated rings. The minimum absolute atomic E-state index is 0.929. The largest absolute Gasteiger partial charge is 0.108 e. The monoisotopic (exact) mass is 226 g/mol. The van der Waals surface area contributed by atoms with Crippen molar-refractivity contribution in [1.82, 2.24) is 0 Å². The normalized spacial score (nSPS) is 9.54. The van der Waals surface area contributed by atoms with Crippen LogP contribution in [0.25, 0.3) is 0 Å². The highest BCUT2D eigenvalue weighted by Gasteiger charge is 1.96. The first kappa shape index (κ1) is 10.8. The van der Waals surface area contributed by atoms with Gasteiger partial charge in [0, 0.05) is 5.75 Å². The molecule has 0 aliphatic rings. The first-order valence-corrected chi connectivity index (χ1v) is 6.08. The summed E-state index contributed by atoms with van der Waals surface area (Å²) in [5, 5.41) is 1.76. The van der Waals surface area contributed by atoms with Crippen molar-refractivity contribution in [3.05, 3.63) is 47.9 Å². The summed E-state index contributed by atoms with van der Waals surface area (Å²) in [6.45, 7) is 3.62. The molecule has 0 atom stereocenters. The van der Waals surface area contributed by atoms with E-state index in [2.05, 4.69) is 18.7 Å². The minimum Gasteiger partial charge on any atom is -0.103 e. The van der Waals surface area contributed by atoms with Crippen LogP contribution in [-0.2, 0) is 5.75 Å². The predicted octanol–water partition coefficient (Wildman–Crippen LogP) is 4.08. The second-order valence-corrected chi connectivity index (χ2v) is 5.46. The fraction of sp³-hybridized carbons (Fsp3) is 0.100. The van der Waals surface area contributed by atoms with Crippen molar-refractivity contribution in [2.75, 3.05) is 0 Å². The van der Waals surface area contributed by atoms with Gasteiger partial charge in [0.05, 0.1) is 0 Å².